The fraction of sp³-hybridized carbons (Fsp3) is 0.176. The lowest BCUT2D eigenvalue weighted by molar-refractivity contribution is -0.139. The largest absolute Gasteiger partial charge is 0.480 e. The first-order valence-corrected chi connectivity index (χ1v) is 7.72. The minimum absolute atomic E-state index is 0.0420. The van der Waals surface area contributed by atoms with Crippen molar-refractivity contribution in [2.24, 2.45) is 7.05 Å². The molecule has 0 radical (unpaired) electrons. The average Bonchev–Trinajstić information content (AvgIpc) is 3.18. The molecule has 0 fully saturated rings. The van der Waals surface area contributed by atoms with Crippen LogP contribution in [0.2, 0.25) is 0 Å². The molecule has 0 aliphatic rings. The lowest BCUT2D eigenvalue weighted by Crippen LogP contribution is -2.42. The van der Waals surface area contributed by atoms with E-state index in [-0.39, 0.29) is 17.7 Å². The van der Waals surface area contributed by atoms with Gasteiger partial charge in [0.1, 0.15) is 11.6 Å². The third kappa shape index (κ3) is 3.27. The van der Waals surface area contributed by atoms with Crippen molar-refractivity contribution in [1.82, 2.24) is 20.1 Å². The van der Waals surface area contributed by atoms with Crippen LogP contribution in [0.1, 0.15) is 26.4 Å². The van der Waals surface area contributed by atoms with Crippen molar-refractivity contribution in [3.05, 3.63) is 53.5 Å². The van der Waals surface area contributed by atoms with Crippen LogP contribution in [0.4, 0.5) is 0 Å². The number of aryl methyl sites for hydroxylation is 1. The van der Waals surface area contributed by atoms with Crippen LogP contribution in [-0.4, -0.2) is 48.9 Å². The monoisotopic (exact) mass is 356 g/mol. The Balaban J connectivity index is 1.84. The standard InChI is InChI=1S/C17H16N4O5/c1-21-8-11(16(23)24)14(20-21)15(22)19-13(17(25)26)6-9-7-18-12-5-3-2-4-10(9)12/h2-5,7-8,13,18H,6H2,1H3,(H,19,22)(H,23,24)(H,25,26)/t13-/m1/s1. The van der Waals surface area contributed by atoms with Gasteiger partial charge in [-0.05, 0) is 11.6 Å². The maximum absolute atomic E-state index is 12.4. The number of H-pyrrole nitrogens is 1. The van der Waals surface area contributed by atoms with Gasteiger partial charge in [0.15, 0.2) is 5.69 Å². The number of fused-ring (bicyclic) bond motifs is 1. The zero-order chi connectivity index (χ0) is 18.8. The number of amides is 1. The van der Waals surface area contributed by atoms with E-state index in [1.807, 2.05) is 24.3 Å². The van der Waals surface area contributed by atoms with E-state index in [1.54, 1.807) is 6.20 Å². The summed E-state index contributed by atoms with van der Waals surface area (Å²) in [6.07, 6.45) is 2.92. The summed E-state index contributed by atoms with van der Waals surface area (Å²) in [5, 5.41) is 25.6. The number of benzene rings is 1. The molecular weight excluding hydrogens is 340 g/mol. The van der Waals surface area contributed by atoms with Crippen molar-refractivity contribution < 1.29 is 24.6 Å². The molecule has 0 saturated heterocycles. The maximum Gasteiger partial charge on any atom is 0.339 e. The molecule has 0 unspecified atom stereocenters. The quantitative estimate of drug-likeness (QED) is 0.520. The SMILES string of the molecule is Cn1cc(C(=O)O)c(C(=O)N[C@H](Cc2c[nH]c3ccccc23)C(=O)O)n1. The lowest BCUT2D eigenvalue weighted by Gasteiger charge is -2.13. The van der Waals surface area contributed by atoms with Crippen molar-refractivity contribution >= 4 is 28.7 Å². The van der Waals surface area contributed by atoms with E-state index < -0.39 is 23.9 Å². The summed E-state index contributed by atoms with van der Waals surface area (Å²) in [4.78, 5) is 38.2. The van der Waals surface area contributed by atoms with Crippen molar-refractivity contribution in [2.45, 2.75) is 12.5 Å². The third-order valence-corrected chi connectivity index (χ3v) is 3.98. The molecule has 0 saturated carbocycles. The van der Waals surface area contributed by atoms with E-state index in [0.717, 1.165) is 16.5 Å². The fourth-order valence-corrected chi connectivity index (χ4v) is 2.76. The predicted molar refractivity (Wildman–Crippen MR) is 91.1 cm³/mol. The predicted octanol–water partition coefficient (Wildman–Crippen LogP) is 1.03. The Morgan fingerprint density at radius 2 is 2.00 bits per heavy atom. The summed E-state index contributed by atoms with van der Waals surface area (Å²) in [5.74, 6) is -3.39. The lowest BCUT2D eigenvalue weighted by atomic mass is 10.0. The second kappa shape index (κ2) is 6.71. The molecular formula is C17H16N4O5. The Kier molecular flexibility index (Phi) is 4.44. The van der Waals surface area contributed by atoms with Crippen LogP contribution < -0.4 is 5.32 Å². The molecule has 2 aromatic heterocycles. The summed E-state index contributed by atoms with van der Waals surface area (Å²) in [6.45, 7) is 0. The van der Waals surface area contributed by atoms with Gasteiger partial charge in [0.25, 0.3) is 5.91 Å². The number of carbonyl (C=O) groups is 3. The second-order valence-corrected chi connectivity index (χ2v) is 5.80. The minimum Gasteiger partial charge on any atom is -0.480 e. The third-order valence-electron chi connectivity index (χ3n) is 3.98. The van der Waals surface area contributed by atoms with Crippen LogP contribution in [0, 0.1) is 0 Å². The number of aromatic nitrogens is 3. The van der Waals surface area contributed by atoms with Gasteiger partial charge in [-0.3, -0.25) is 9.48 Å². The molecule has 0 aliphatic heterocycles. The summed E-state index contributed by atoms with van der Waals surface area (Å²) in [7, 11) is 1.48. The number of aromatic carboxylic acids is 1. The van der Waals surface area contributed by atoms with Crippen LogP contribution in [0.5, 0.6) is 0 Å². The van der Waals surface area contributed by atoms with Crippen molar-refractivity contribution in [2.75, 3.05) is 0 Å². The number of aliphatic carboxylic acids is 1. The molecule has 4 N–H and O–H groups in total. The summed E-state index contributed by atoms with van der Waals surface area (Å²) >= 11 is 0. The van der Waals surface area contributed by atoms with Crippen LogP contribution in [0.15, 0.2) is 36.7 Å². The molecule has 9 nitrogen and oxygen atoms in total. The Morgan fingerprint density at radius 1 is 1.27 bits per heavy atom. The highest BCUT2D eigenvalue weighted by Crippen LogP contribution is 2.19. The fourth-order valence-electron chi connectivity index (χ4n) is 2.76. The maximum atomic E-state index is 12.4. The normalized spacial score (nSPS) is 12.0. The first kappa shape index (κ1) is 17.2. The molecule has 3 aromatic rings. The van der Waals surface area contributed by atoms with Crippen LogP contribution in [0.3, 0.4) is 0 Å². The van der Waals surface area contributed by atoms with Crippen molar-refractivity contribution in [3.63, 3.8) is 0 Å². The Bertz CT molecular complexity index is 1000. The number of rotatable bonds is 6. The van der Waals surface area contributed by atoms with Gasteiger partial charge >= 0.3 is 11.9 Å². The Labute approximate surface area is 147 Å². The molecule has 3 rings (SSSR count). The zero-order valence-corrected chi connectivity index (χ0v) is 13.8. The number of hydrogen-bond donors (Lipinski definition) is 4. The molecule has 0 spiro atoms. The average molecular weight is 356 g/mol. The van der Waals surface area contributed by atoms with Gasteiger partial charge in [-0.25, -0.2) is 9.59 Å². The number of nitrogens with zero attached hydrogens (tertiary/aromatic N) is 2. The van der Waals surface area contributed by atoms with E-state index in [0.29, 0.717) is 0 Å². The van der Waals surface area contributed by atoms with Gasteiger partial charge in [0.2, 0.25) is 0 Å². The first-order valence-electron chi connectivity index (χ1n) is 7.72. The molecule has 2 heterocycles. The van der Waals surface area contributed by atoms with E-state index in [1.165, 1.54) is 17.9 Å². The Morgan fingerprint density at radius 3 is 2.69 bits per heavy atom. The molecule has 134 valence electrons. The van der Waals surface area contributed by atoms with Gasteiger partial charge < -0.3 is 20.5 Å². The van der Waals surface area contributed by atoms with E-state index in [9.17, 15) is 19.5 Å². The van der Waals surface area contributed by atoms with Crippen LogP contribution in [-0.2, 0) is 18.3 Å². The number of hydrogen-bond acceptors (Lipinski definition) is 4. The second-order valence-electron chi connectivity index (χ2n) is 5.80. The molecule has 26 heavy (non-hydrogen) atoms. The smallest absolute Gasteiger partial charge is 0.339 e. The van der Waals surface area contributed by atoms with Gasteiger partial charge in [-0.15, -0.1) is 0 Å². The molecule has 1 amide bonds. The van der Waals surface area contributed by atoms with Gasteiger partial charge in [-0.2, -0.15) is 5.10 Å². The number of para-hydroxylation sites is 1. The van der Waals surface area contributed by atoms with Crippen molar-refractivity contribution in [3.8, 4) is 0 Å². The number of carboxylic acids is 2. The van der Waals surface area contributed by atoms with Gasteiger partial charge in [-0.1, -0.05) is 18.2 Å². The van der Waals surface area contributed by atoms with E-state index in [2.05, 4.69) is 15.4 Å². The summed E-state index contributed by atoms with van der Waals surface area (Å²) in [6, 6.07) is 6.17. The molecule has 9 heteroatoms. The highest BCUT2D eigenvalue weighted by atomic mass is 16.4. The summed E-state index contributed by atoms with van der Waals surface area (Å²) < 4.78 is 1.19. The number of nitrogens with one attached hydrogen (secondary N) is 2. The summed E-state index contributed by atoms with van der Waals surface area (Å²) in [5.41, 5.74) is 0.968. The number of aromatic amines is 1. The van der Waals surface area contributed by atoms with Crippen molar-refractivity contribution in [1.29, 1.82) is 0 Å². The molecule has 0 bridgehead atoms. The number of carbonyl (C=O) groups excluding carboxylic acids is 1. The van der Waals surface area contributed by atoms with E-state index >= 15 is 0 Å². The molecule has 1 atom stereocenters. The highest BCUT2D eigenvalue weighted by molar-refractivity contribution is 6.04. The van der Waals surface area contributed by atoms with Crippen LogP contribution in [0.25, 0.3) is 10.9 Å². The highest BCUT2D eigenvalue weighted by Gasteiger charge is 2.27. The topological polar surface area (TPSA) is 137 Å². The van der Waals surface area contributed by atoms with E-state index in [4.69, 9.17) is 5.11 Å². The van der Waals surface area contributed by atoms with Gasteiger partial charge in [0, 0.05) is 36.8 Å². The Hall–Kier alpha value is -3.62. The molecule has 0 aliphatic carbocycles. The first-order chi connectivity index (χ1) is 12.4. The molecule has 1 aromatic carbocycles. The van der Waals surface area contributed by atoms with Crippen LogP contribution >= 0.6 is 0 Å². The minimum atomic E-state index is -1.31. The zero-order valence-electron chi connectivity index (χ0n) is 13.8. The van der Waals surface area contributed by atoms with Gasteiger partial charge in [0.05, 0.1) is 0 Å². The number of carboxylic acid groups (broad SMARTS) is 2.